The molecule has 0 spiro atoms. The van der Waals surface area contributed by atoms with Crippen molar-refractivity contribution in [3.8, 4) is 0 Å². The first kappa shape index (κ1) is 16.2. The van der Waals surface area contributed by atoms with E-state index in [0.717, 1.165) is 24.1 Å². The van der Waals surface area contributed by atoms with Crippen LogP contribution in [0.25, 0.3) is 0 Å². The Hall–Kier alpha value is -0.870. The fourth-order valence-corrected chi connectivity index (χ4v) is 2.40. The number of esters is 1. The van der Waals surface area contributed by atoms with Crippen LogP contribution in [0.4, 0.5) is 0 Å². The molecule has 0 atom stereocenters. The minimum absolute atomic E-state index is 0.300. The van der Waals surface area contributed by atoms with Crippen LogP contribution in [0.1, 0.15) is 42.6 Å². The number of nitrogens with zero attached hydrogens (tertiary/aromatic N) is 1. The number of benzene rings is 1. The van der Waals surface area contributed by atoms with Crippen LogP contribution in [0, 0.1) is 0 Å². The summed E-state index contributed by atoms with van der Waals surface area (Å²) in [6.07, 6.45) is 2.42. The van der Waals surface area contributed by atoms with Crippen molar-refractivity contribution in [3.63, 3.8) is 0 Å². The van der Waals surface area contributed by atoms with E-state index in [1.165, 1.54) is 25.5 Å². The number of hydrogen-bond donors (Lipinski definition) is 0. The number of rotatable bonds is 7. The van der Waals surface area contributed by atoms with Gasteiger partial charge in [-0.25, -0.2) is 4.79 Å². The molecule has 0 amide bonds. The van der Waals surface area contributed by atoms with E-state index in [9.17, 15) is 4.79 Å². The fourth-order valence-electron chi connectivity index (χ4n) is 1.89. The van der Waals surface area contributed by atoms with Crippen LogP contribution in [0.5, 0.6) is 0 Å². The second-order valence-electron chi connectivity index (χ2n) is 4.52. The third-order valence-electron chi connectivity index (χ3n) is 3.14. The highest BCUT2D eigenvalue weighted by Crippen LogP contribution is 2.21. The molecule has 1 aromatic carbocycles. The number of methoxy groups -OCH3 is 1. The summed E-state index contributed by atoms with van der Waals surface area (Å²) in [6.45, 7) is 7.42. The number of carbonyl (C=O) groups is 1. The summed E-state index contributed by atoms with van der Waals surface area (Å²) < 4.78 is 5.68. The Balaban J connectivity index is 2.75. The van der Waals surface area contributed by atoms with Crippen LogP contribution < -0.4 is 0 Å². The maximum atomic E-state index is 11.4. The lowest BCUT2D eigenvalue weighted by molar-refractivity contribution is 0.0600. The maximum Gasteiger partial charge on any atom is 0.337 e. The fraction of sp³-hybridized carbons (Fsp3) is 0.533. The predicted molar refractivity (Wildman–Crippen MR) is 81.3 cm³/mol. The van der Waals surface area contributed by atoms with Crippen LogP contribution in [0.2, 0.25) is 0 Å². The number of halogens is 1. The highest BCUT2D eigenvalue weighted by molar-refractivity contribution is 9.10. The van der Waals surface area contributed by atoms with Crippen molar-refractivity contribution >= 4 is 21.9 Å². The monoisotopic (exact) mass is 327 g/mol. The van der Waals surface area contributed by atoms with E-state index in [4.69, 9.17) is 4.74 Å². The standard InChI is InChI=1S/C15H22BrNO2/c1-4-6-9-17(5-2)11-13-8-7-12(10-14(13)16)15(18)19-3/h7-8,10H,4-6,9,11H2,1-3H3. The van der Waals surface area contributed by atoms with E-state index in [2.05, 4.69) is 34.7 Å². The van der Waals surface area contributed by atoms with Crippen molar-refractivity contribution in [2.75, 3.05) is 20.2 Å². The molecule has 0 heterocycles. The van der Waals surface area contributed by atoms with Crippen LogP contribution >= 0.6 is 15.9 Å². The van der Waals surface area contributed by atoms with E-state index in [1.807, 2.05) is 18.2 Å². The SMILES string of the molecule is CCCCN(CC)Cc1ccc(C(=O)OC)cc1Br. The molecule has 0 aromatic heterocycles. The van der Waals surface area contributed by atoms with E-state index in [0.29, 0.717) is 5.56 Å². The minimum atomic E-state index is -0.300. The first-order valence-electron chi connectivity index (χ1n) is 6.71. The third-order valence-corrected chi connectivity index (χ3v) is 3.88. The predicted octanol–water partition coefficient (Wildman–Crippen LogP) is 3.86. The zero-order chi connectivity index (χ0) is 14.3. The Morgan fingerprint density at radius 3 is 2.63 bits per heavy atom. The Morgan fingerprint density at radius 2 is 2.11 bits per heavy atom. The van der Waals surface area contributed by atoms with Crippen LogP contribution in [-0.2, 0) is 11.3 Å². The molecule has 0 saturated carbocycles. The zero-order valence-electron chi connectivity index (χ0n) is 11.9. The molecule has 0 aliphatic carbocycles. The molecule has 0 aliphatic heterocycles. The van der Waals surface area contributed by atoms with Gasteiger partial charge in [-0.15, -0.1) is 0 Å². The Labute approximate surface area is 124 Å². The van der Waals surface area contributed by atoms with Gasteiger partial charge in [0.1, 0.15) is 0 Å². The summed E-state index contributed by atoms with van der Waals surface area (Å²) >= 11 is 3.54. The molecule has 19 heavy (non-hydrogen) atoms. The maximum absolute atomic E-state index is 11.4. The lowest BCUT2D eigenvalue weighted by Gasteiger charge is -2.21. The van der Waals surface area contributed by atoms with Gasteiger partial charge in [0.05, 0.1) is 12.7 Å². The average Bonchev–Trinajstić information content (AvgIpc) is 2.44. The van der Waals surface area contributed by atoms with E-state index in [1.54, 1.807) is 0 Å². The van der Waals surface area contributed by atoms with Crippen molar-refractivity contribution in [1.82, 2.24) is 4.90 Å². The van der Waals surface area contributed by atoms with Crippen molar-refractivity contribution < 1.29 is 9.53 Å². The topological polar surface area (TPSA) is 29.5 Å². The van der Waals surface area contributed by atoms with Crippen molar-refractivity contribution in [2.24, 2.45) is 0 Å². The summed E-state index contributed by atoms with van der Waals surface area (Å²) in [7, 11) is 1.40. The van der Waals surface area contributed by atoms with Gasteiger partial charge in [-0.1, -0.05) is 42.3 Å². The number of ether oxygens (including phenoxy) is 1. The highest BCUT2D eigenvalue weighted by Gasteiger charge is 2.10. The molecule has 3 nitrogen and oxygen atoms in total. The molecule has 0 radical (unpaired) electrons. The van der Waals surface area contributed by atoms with Gasteiger partial charge in [-0.2, -0.15) is 0 Å². The molecule has 106 valence electrons. The molecule has 0 fully saturated rings. The number of carbonyl (C=O) groups excluding carboxylic acids is 1. The summed E-state index contributed by atoms with van der Waals surface area (Å²) in [6, 6.07) is 5.64. The molecular weight excluding hydrogens is 306 g/mol. The van der Waals surface area contributed by atoms with Crippen molar-refractivity contribution in [3.05, 3.63) is 33.8 Å². The van der Waals surface area contributed by atoms with E-state index < -0.39 is 0 Å². The first-order valence-corrected chi connectivity index (χ1v) is 7.50. The molecule has 0 unspecified atom stereocenters. The van der Waals surface area contributed by atoms with E-state index in [-0.39, 0.29) is 5.97 Å². The molecule has 1 aromatic rings. The lowest BCUT2D eigenvalue weighted by Crippen LogP contribution is -2.24. The second kappa shape index (κ2) is 8.33. The molecular formula is C15H22BrNO2. The third kappa shape index (κ3) is 4.96. The Bertz CT molecular complexity index is 421. The molecule has 0 N–H and O–H groups in total. The molecule has 4 heteroatoms. The first-order chi connectivity index (χ1) is 9.12. The lowest BCUT2D eigenvalue weighted by atomic mass is 10.1. The summed E-state index contributed by atoms with van der Waals surface area (Å²) in [4.78, 5) is 13.8. The van der Waals surface area contributed by atoms with Gasteiger partial charge in [0.2, 0.25) is 0 Å². The van der Waals surface area contributed by atoms with Crippen molar-refractivity contribution in [2.45, 2.75) is 33.2 Å². The number of unbranched alkanes of at least 4 members (excludes halogenated alkanes) is 1. The van der Waals surface area contributed by atoms with Gasteiger partial charge < -0.3 is 4.74 Å². The average molecular weight is 328 g/mol. The largest absolute Gasteiger partial charge is 0.465 e. The molecule has 0 saturated heterocycles. The van der Waals surface area contributed by atoms with Gasteiger partial charge >= 0.3 is 5.97 Å². The minimum Gasteiger partial charge on any atom is -0.465 e. The second-order valence-corrected chi connectivity index (χ2v) is 5.37. The van der Waals surface area contributed by atoms with Gasteiger partial charge in [0.15, 0.2) is 0 Å². The highest BCUT2D eigenvalue weighted by atomic mass is 79.9. The quantitative estimate of drug-likeness (QED) is 0.712. The van der Waals surface area contributed by atoms with Crippen molar-refractivity contribution in [1.29, 1.82) is 0 Å². The van der Waals surface area contributed by atoms with Crippen LogP contribution in [-0.4, -0.2) is 31.1 Å². The van der Waals surface area contributed by atoms with E-state index >= 15 is 0 Å². The summed E-state index contributed by atoms with van der Waals surface area (Å²) in [5, 5.41) is 0. The normalized spacial score (nSPS) is 10.8. The van der Waals surface area contributed by atoms with Gasteiger partial charge in [-0.05, 0) is 37.2 Å². The van der Waals surface area contributed by atoms with Gasteiger partial charge in [0.25, 0.3) is 0 Å². The molecule has 1 rings (SSSR count). The Morgan fingerprint density at radius 1 is 1.37 bits per heavy atom. The van der Waals surface area contributed by atoms with Crippen LogP contribution in [0.15, 0.2) is 22.7 Å². The molecule has 0 aliphatic rings. The van der Waals surface area contributed by atoms with Gasteiger partial charge in [0, 0.05) is 11.0 Å². The number of hydrogen-bond acceptors (Lipinski definition) is 3. The Kier molecular flexibility index (Phi) is 7.10. The van der Waals surface area contributed by atoms with Gasteiger partial charge in [-0.3, -0.25) is 4.90 Å². The zero-order valence-corrected chi connectivity index (χ0v) is 13.5. The smallest absolute Gasteiger partial charge is 0.337 e. The summed E-state index contributed by atoms with van der Waals surface area (Å²) in [5.74, 6) is -0.300. The molecule has 0 bridgehead atoms. The van der Waals surface area contributed by atoms with Crippen LogP contribution in [0.3, 0.4) is 0 Å². The summed E-state index contributed by atoms with van der Waals surface area (Å²) in [5.41, 5.74) is 1.78.